The first-order chi connectivity index (χ1) is 10.6. The molecule has 0 bridgehead atoms. The molecule has 1 rings (SSSR count). The van der Waals surface area contributed by atoms with Gasteiger partial charge >= 0.3 is 5.97 Å². The molecule has 1 atom stereocenters. The molecule has 0 aromatic carbocycles. The Morgan fingerprint density at radius 2 is 2.23 bits per heavy atom. The van der Waals surface area contributed by atoms with Crippen molar-refractivity contribution in [2.24, 2.45) is 0 Å². The van der Waals surface area contributed by atoms with E-state index in [1.807, 2.05) is 0 Å². The Morgan fingerprint density at radius 1 is 1.45 bits per heavy atom. The molecule has 0 aliphatic rings. The lowest BCUT2D eigenvalue weighted by atomic mass is 10.1. The number of ether oxygens (including phenoxy) is 1. The third-order valence-electron chi connectivity index (χ3n) is 2.61. The molecule has 1 aromatic heterocycles. The van der Waals surface area contributed by atoms with E-state index in [2.05, 4.69) is 5.32 Å². The number of carbonyl (C=O) groups is 3. The number of esters is 1. The summed E-state index contributed by atoms with van der Waals surface area (Å²) in [5, 5.41) is 10.9. The van der Waals surface area contributed by atoms with Gasteiger partial charge in [-0.05, 0) is 31.6 Å². The monoisotopic (exact) mass is 310 g/mol. The Morgan fingerprint density at radius 3 is 2.82 bits per heavy atom. The molecule has 0 aliphatic heterocycles. The van der Waals surface area contributed by atoms with Gasteiger partial charge < -0.3 is 14.5 Å². The minimum Gasteiger partial charge on any atom is -0.465 e. The van der Waals surface area contributed by atoms with E-state index in [0.29, 0.717) is 5.76 Å². The molecule has 0 radical (unpaired) electrons. The van der Waals surface area contributed by atoms with E-state index in [4.69, 9.17) is 14.4 Å². The van der Waals surface area contributed by atoms with Gasteiger partial charge in [0, 0.05) is 12.5 Å². The van der Waals surface area contributed by atoms with E-state index >= 15 is 0 Å². The predicted octanol–water partition coefficient (Wildman–Crippen LogP) is 0.626. The van der Waals surface area contributed by atoms with Gasteiger partial charge in [-0.15, -0.1) is 0 Å². The van der Waals surface area contributed by atoms with Crippen molar-refractivity contribution < 1.29 is 28.7 Å². The van der Waals surface area contributed by atoms with E-state index in [1.54, 1.807) is 19.1 Å². The second kappa shape index (κ2) is 9.35. The van der Waals surface area contributed by atoms with Crippen LogP contribution in [0.25, 0.3) is 6.08 Å². The van der Waals surface area contributed by atoms with Crippen molar-refractivity contribution in [1.29, 1.82) is 0 Å². The summed E-state index contributed by atoms with van der Waals surface area (Å²) in [6.45, 7) is 1.79. The summed E-state index contributed by atoms with van der Waals surface area (Å²) in [4.78, 5) is 34.5. The molecule has 3 N–H and O–H groups in total. The quantitative estimate of drug-likeness (QED) is 0.280. The number of carbonyl (C=O) groups excluding carboxylic acids is 3. The fourth-order valence-corrected chi connectivity index (χ4v) is 1.59. The van der Waals surface area contributed by atoms with Gasteiger partial charge in [-0.3, -0.25) is 14.8 Å². The van der Waals surface area contributed by atoms with Crippen molar-refractivity contribution in [3.05, 3.63) is 30.2 Å². The topological polar surface area (TPSA) is 118 Å². The van der Waals surface area contributed by atoms with Crippen LogP contribution in [0, 0.1) is 0 Å². The smallest absolute Gasteiger partial charge is 0.328 e. The first kappa shape index (κ1) is 17.4. The van der Waals surface area contributed by atoms with Gasteiger partial charge in [0.2, 0.25) is 11.8 Å². The molecular weight excluding hydrogens is 292 g/mol. The van der Waals surface area contributed by atoms with Crippen molar-refractivity contribution in [3.63, 3.8) is 0 Å². The van der Waals surface area contributed by atoms with Crippen molar-refractivity contribution in [3.8, 4) is 0 Å². The Kier molecular flexibility index (Phi) is 7.41. The molecule has 0 unspecified atom stereocenters. The minimum absolute atomic E-state index is 0.00551. The summed E-state index contributed by atoms with van der Waals surface area (Å²) in [6, 6.07) is 2.36. The third-order valence-corrected chi connectivity index (χ3v) is 2.61. The maximum absolute atomic E-state index is 11.8. The predicted molar refractivity (Wildman–Crippen MR) is 75.5 cm³/mol. The molecule has 8 heteroatoms. The second-order valence-electron chi connectivity index (χ2n) is 4.24. The number of amides is 2. The average Bonchev–Trinajstić information content (AvgIpc) is 3.02. The first-order valence-electron chi connectivity index (χ1n) is 6.68. The number of hydrogen-bond donors (Lipinski definition) is 3. The molecule has 2 amide bonds. The number of furan rings is 1. The highest BCUT2D eigenvalue weighted by molar-refractivity contribution is 5.94. The lowest BCUT2D eigenvalue weighted by molar-refractivity contribution is -0.147. The largest absolute Gasteiger partial charge is 0.465 e. The Balaban J connectivity index is 2.59. The highest BCUT2D eigenvalue weighted by Crippen LogP contribution is 2.04. The summed E-state index contributed by atoms with van der Waals surface area (Å²) < 4.78 is 9.86. The number of rotatable bonds is 8. The van der Waals surface area contributed by atoms with Crippen molar-refractivity contribution in [2.45, 2.75) is 25.8 Å². The zero-order valence-corrected chi connectivity index (χ0v) is 12.1. The van der Waals surface area contributed by atoms with Gasteiger partial charge in [0.1, 0.15) is 11.8 Å². The molecule has 0 aliphatic carbocycles. The number of nitrogens with one attached hydrogen (secondary N) is 2. The average molecular weight is 310 g/mol. The fourth-order valence-electron chi connectivity index (χ4n) is 1.59. The van der Waals surface area contributed by atoms with Crippen molar-refractivity contribution in [2.75, 3.05) is 6.61 Å². The van der Waals surface area contributed by atoms with Gasteiger partial charge in [0.25, 0.3) is 0 Å². The lowest BCUT2D eigenvalue weighted by Gasteiger charge is -2.15. The lowest BCUT2D eigenvalue weighted by Crippen LogP contribution is -2.42. The van der Waals surface area contributed by atoms with Crippen LogP contribution < -0.4 is 10.8 Å². The number of hydroxylamine groups is 1. The van der Waals surface area contributed by atoms with E-state index in [1.165, 1.54) is 23.9 Å². The van der Waals surface area contributed by atoms with Crippen LogP contribution >= 0.6 is 0 Å². The summed E-state index contributed by atoms with van der Waals surface area (Å²) in [5.74, 6) is -1.34. The maximum atomic E-state index is 11.8. The molecule has 0 fully saturated rings. The molecule has 0 spiro atoms. The van der Waals surface area contributed by atoms with Crippen LogP contribution in [-0.4, -0.2) is 35.6 Å². The van der Waals surface area contributed by atoms with Crippen LogP contribution in [0.3, 0.4) is 0 Å². The molecule has 1 aromatic rings. The molecule has 8 nitrogen and oxygen atoms in total. The zero-order valence-electron chi connectivity index (χ0n) is 12.1. The van der Waals surface area contributed by atoms with E-state index < -0.39 is 23.8 Å². The second-order valence-corrected chi connectivity index (χ2v) is 4.24. The molecular formula is C14H18N2O6. The van der Waals surface area contributed by atoms with E-state index in [9.17, 15) is 14.4 Å². The van der Waals surface area contributed by atoms with E-state index in [0.717, 1.165) is 0 Å². The third kappa shape index (κ3) is 6.23. The number of hydrogen-bond acceptors (Lipinski definition) is 6. The molecule has 22 heavy (non-hydrogen) atoms. The molecule has 120 valence electrons. The minimum atomic E-state index is -0.981. The summed E-state index contributed by atoms with van der Waals surface area (Å²) in [5.41, 5.74) is 1.46. The Labute approximate surface area is 127 Å². The van der Waals surface area contributed by atoms with Crippen LogP contribution in [0.4, 0.5) is 0 Å². The maximum Gasteiger partial charge on any atom is 0.328 e. The summed E-state index contributed by atoms with van der Waals surface area (Å²) in [7, 11) is 0. The standard InChI is InChI=1S/C14H18N2O6/c1-2-21-14(19)11(6-8-13(18)16-20)15-12(17)7-5-10-4-3-9-22-10/h3-5,7,9,11,20H,2,6,8H2,1H3,(H,15,17)(H,16,18)/b7-5+/t11-/m0/s1. The van der Waals surface area contributed by atoms with Crippen LogP contribution in [0.2, 0.25) is 0 Å². The van der Waals surface area contributed by atoms with Gasteiger partial charge in [0.15, 0.2) is 0 Å². The molecule has 0 saturated carbocycles. The van der Waals surface area contributed by atoms with Crippen LogP contribution in [0.5, 0.6) is 0 Å². The van der Waals surface area contributed by atoms with Crippen LogP contribution in [-0.2, 0) is 19.1 Å². The highest BCUT2D eigenvalue weighted by Gasteiger charge is 2.22. The van der Waals surface area contributed by atoms with Crippen molar-refractivity contribution >= 4 is 23.9 Å². The van der Waals surface area contributed by atoms with Gasteiger partial charge in [-0.1, -0.05) is 0 Å². The van der Waals surface area contributed by atoms with Crippen LogP contribution in [0.15, 0.2) is 28.9 Å². The normalized spacial score (nSPS) is 11.9. The highest BCUT2D eigenvalue weighted by atomic mass is 16.5. The SMILES string of the molecule is CCOC(=O)[C@H](CCC(=O)NO)NC(=O)/C=C/c1ccco1. The fraction of sp³-hybridized carbons (Fsp3) is 0.357. The Bertz CT molecular complexity index is 523. The summed E-state index contributed by atoms with van der Waals surface area (Å²) in [6.07, 6.45) is 3.98. The van der Waals surface area contributed by atoms with Crippen LogP contribution in [0.1, 0.15) is 25.5 Å². The molecule has 0 saturated heterocycles. The summed E-state index contributed by atoms with van der Waals surface area (Å²) >= 11 is 0. The van der Waals surface area contributed by atoms with E-state index in [-0.39, 0.29) is 19.4 Å². The molecule has 1 heterocycles. The Hall–Kier alpha value is -2.61. The first-order valence-corrected chi connectivity index (χ1v) is 6.68. The van der Waals surface area contributed by atoms with Gasteiger partial charge in [-0.25, -0.2) is 10.3 Å². The zero-order chi connectivity index (χ0) is 16.4. The van der Waals surface area contributed by atoms with Crippen molar-refractivity contribution in [1.82, 2.24) is 10.8 Å². The van der Waals surface area contributed by atoms with Gasteiger partial charge in [-0.2, -0.15) is 0 Å². The van der Waals surface area contributed by atoms with Gasteiger partial charge in [0.05, 0.1) is 12.9 Å².